The van der Waals surface area contributed by atoms with E-state index in [0.29, 0.717) is 32.8 Å². The monoisotopic (exact) mass is 310 g/mol. The number of carbonyl (C=O) groups is 1. The molecule has 0 aromatic heterocycles. The maximum Gasteiger partial charge on any atom is 0.484 e. The topological polar surface area (TPSA) is 117 Å². The molecular formula is C12H30N2O5Si. The van der Waals surface area contributed by atoms with Crippen molar-refractivity contribution in [2.45, 2.75) is 46.1 Å². The first-order valence-corrected chi connectivity index (χ1v) is 8.47. The zero-order valence-electron chi connectivity index (χ0n) is 12.8. The molecule has 0 aromatic rings. The molecule has 0 fully saturated rings. The van der Waals surface area contributed by atoms with E-state index in [1.54, 1.807) is 0 Å². The minimum Gasteiger partial charge on any atom is -0.480 e. The summed E-state index contributed by atoms with van der Waals surface area (Å²) in [7, 11) is -1.73. The molecule has 0 rings (SSSR count). The summed E-state index contributed by atoms with van der Waals surface area (Å²) in [4.78, 5) is 10.1. The van der Waals surface area contributed by atoms with Gasteiger partial charge in [0.15, 0.2) is 0 Å². The van der Waals surface area contributed by atoms with Crippen LogP contribution < -0.4 is 11.5 Å². The van der Waals surface area contributed by atoms with Crippen molar-refractivity contribution in [1.29, 1.82) is 0 Å². The van der Waals surface area contributed by atoms with Gasteiger partial charge in [-0.3, -0.25) is 4.79 Å². The van der Waals surface area contributed by atoms with E-state index in [1.807, 2.05) is 20.8 Å². The minimum atomic E-state index is -1.73. The number of unbranched alkanes of at least 4 members (excludes halogenated alkanes) is 1. The largest absolute Gasteiger partial charge is 0.484 e. The van der Waals surface area contributed by atoms with E-state index in [-0.39, 0.29) is 0 Å². The van der Waals surface area contributed by atoms with E-state index in [4.69, 9.17) is 29.9 Å². The molecule has 0 radical (unpaired) electrons. The lowest BCUT2D eigenvalue weighted by Gasteiger charge is -2.12. The van der Waals surface area contributed by atoms with Gasteiger partial charge in [0.2, 0.25) is 0 Å². The highest BCUT2D eigenvalue weighted by Gasteiger charge is 2.11. The third-order valence-corrected chi connectivity index (χ3v) is 4.01. The number of hydrogen-bond acceptors (Lipinski definition) is 6. The maximum absolute atomic E-state index is 10.1. The molecule has 0 aliphatic heterocycles. The van der Waals surface area contributed by atoms with Crippen molar-refractivity contribution >= 4 is 15.5 Å². The second-order valence-electron chi connectivity index (χ2n) is 3.88. The molecule has 5 N–H and O–H groups in total. The lowest BCUT2D eigenvalue weighted by atomic mass is 10.1. The summed E-state index contributed by atoms with van der Waals surface area (Å²) in [5, 5.41) is 8.33. The summed E-state index contributed by atoms with van der Waals surface area (Å²) in [5.41, 5.74) is 10.4. The van der Waals surface area contributed by atoms with Crippen LogP contribution in [0.15, 0.2) is 0 Å². The Labute approximate surface area is 123 Å². The van der Waals surface area contributed by atoms with Crippen LogP contribution in [0.25, 0.3) is 0 Å². The van der Waals surface area contributed by atoms with Gasteiger partial charge in [-0.05, 0) is 40.2 Å². The van der Waals surface area contributed by atoms with Gasteiger partial charge in [0.05, 0.1) is 0 Å². The van der Waals surface area contributed by atoms with Gasteiger partial charge >= 0.3 is 15.5 Å². The Hall–Kier alpha value is -0.513. The van der Waals surface area contributed by atoms with Gasteiger partial charge in [0, 0.05) is 19.8 Å². The molecule has 0 aliphatic rings. The fraction of sp³-hybridized carbons (Fsp3) is 0.917. The fourth-order valence-electron chi connectivity index (χ4n) is 1.18. The molecule has 122 valence electrons. The first kappa shape index (κ1) is 21.8. The summed E-state index contributed by atoms with van der Waals surface area (Å²) in [6.07, 6.45) is 2.16. The Kier molecular flexibility index (Phi) is 18.0. The van der Waals surface area contributed by atoms with Crippen LogP contribution in [0.2, 0.25) is 0 Å². The molecule has 0 heterocycles. The van der Waals surface area contributed by atoms with Crippen LogP contribution in [-0.2, 0) is 18.1 Å². The molecule has 0 bridgehead atoms. The number of nitrogens with two attached hydrogens (primary N) is 2. The first-order chi connectivity index (χ1) is 9.53. The van der Waals surface area contributed by atoms with Crippen molar-refractivity contribution in [3.05, 3.63) is 0 Å². The Bertz CT molecular complexity index is 208. The summed E-state index contributed by atoms with van der Waals surface area (Å²) in [6, 6.07) is -0.716. The van der Waals surface area contributed by atoms with Gasteiger partial charge in [-0.25, -0.2) is 0 Å². The van der Waals surface area contributed by atoms with E-state index in [0.717, 1.165) is 12.8 Å². The highest BCUT2D eigenvalue weighted by molar-refractivity contribution is 6.36. The van der Waals surface area contributed by atoms with Crippen LogP contribution in [0.3, 0.4) is 0 Å². The van der Waals surface area contributed by atoms with Crippen molar-refractivity contribution in [2.75, 3.05) is 26.4 Å². The second-order valence-corrected chi connectivity index (χ2v) is 5.46. The van der Waals surface area contributed by atoms with E-state index < -0.39 is 21.5 Å². The smallest absolute Gasteiger partial charge is 0.480 e. The number of aliphatic carboxylic acids is 1. The quantitative estimate of drug-likeness (QED) is 0.372. The summed E-state index contributed by atoms with van der Waals surface area (Å²) in [5.74, 6) is -0.933. The molecular weight excluding hydrogens is 280 g/mol. The van der Waals surface area contributed by atoms with E-state index in [9.17, 15) is 4.79 Å². The molecule has 0 aromatic carbocycles. The zero-order valence-corrected chi connectivity index (χ0v) is 14.0. The molecule has 0 saturated carbocycles. The van der Waals surface area contributed by atoms with Crippen LogP contribution in [-0.4, -0.2) is 53.0 Å². The highest BCUT2D eigenvalue weighted by atomic mass is 28.3. The zero-order chi connectivity index (χ0) is 15.8. The fourth-order valence-corrected chi connectivity index (χ4v) is 2.29. The average molecular weight is 310 g/mol. The molecule has 0 amide bonds. The van der Waals surface area contributed by atoms with Crippen molar-refractivity contribution in [3.63, 3.8) is 0 Å². The van der Waals surface area contributed by atoms with Crippen LogP contribution in [0.5, 0.6) is 0 Å². The Morgan fingerprint density at radius 2 is 1.55 bits per heavy atom. The van der Waals surface area contributed by atoms with Crippen molar-refractivity contribution in [1.82, 2.24) is 0 Å². The SMILES string of the molecule is CCO[SiH](OCC)OCC.NCCCCC(N)C(=O)O. The standard InChI is InChI=1S/C6H14N2O2.C6H16O3Si/c7-4-2-1-3-5(8)6(9)10;1-4-7-10(8-5-2)9-6-3/h5H,1-4,7-8H2,(H,9,10);10H,4-6H2,1-3H3. The van der Waals surface area contributed by atoms with Crippen LogP contribution in [0.1, 0.15) is 40.0 Å². The van der Waals surface area contributed by atoms with Gasteiger partial charge < -0.3 is 29.9 Å². The van der Waals surface area contributed by atoms with Gasteiger partial charge in [-0.2, -0.15) is 0 Å². The maximum atomic E-state index is 10.1. The predicted octanol–water partition coefficient (Wildman–Crippen LogP) is 0.340. The van der Waals surface area contributed by atoms with Crippen molar-refractivity contribution < 1.29 is 23.2 Å². The molecule has 0 aliphatic carbocycles. The molecule has 20 heavy (non-hydrogen) atoms. The summed E-state index contributed by atoms with van der Waals surface area (Å²) >= 11 is 0. The van der Waals surface area contributed by atoms with E-state index in [2.05, 4.69) is 0 Å². The molecule has 8 heteroatoms. The van der Waals surface area contributed by atoms with Gasteiger partial charge in [-0.15, -0.1) is 0 Å². The molecule has 1 unspecified atom stereocenters. The van der Waals surface area contributed by atoms with Crippen molar-refractivity contribution in [3.8, 4) is 0 Å². The van der Waals surface area contributed by atoms with Crippen LogP contribution >= 0.6 is 0 Å². The molecule has 0 saturated heterocycles. The van der Waals surface area contributed by atoms with E-state index in [1.165, 1.54) is 0 Å². The summed E-state index contributed by atoms with van der Waals surface area (Å²) in [6.45, 7) is 8.46. The Morgan fingerprint density at radius 1 is 1.10 bits per heavy atom. The highest BCUT2D eigenvalue weighted by Crippen LogP contribution is 1.97. The Morgan fingerprint density at radius 3 is 1.85 bits per heavy atom. The lowest BCUT2D eigenvalue weighted by molar-refractivity contribution is -0.138. The number of rotatable bonds is 11. The number of carboxylic acid groups (broad SMARTS) is 1. The van der Waals surface area contributed by atoms with E-state index >= 15 is 0 Å². The normalized spacial score (nSPS) is 11.9. The van der Waals surface area contributed by atoms with Crippen LogP contribution in [0.4, 0.5) is 0 Å². The average Bonchev–Trinajstić information content (AvgIpc) is 2.40. The van der Waals surface area contributed by atoms with Gasteiger partial charge in [0.1, 0.15) is 6.04 Å². The molecule has 0 spiro atoms. The number of carboxylic acids is 1. The molecule has 7 nitrogen and oxygen atoms in total. The minimum absolute atomic E-state index is 0.520. The predicted molar refractivity (Wildman–Crippen MR) is 80.5 cm³/mol. The van der Waals surface area contributed by atoms with Crippen LogP contribution in [0, 0.1) is 0 Å². The Balaban J connectivity index is 0. The molecule has 1 atom stereocenters. The van der Waals surface area contributed by atoms with Crippen molar-refractivity contribution in [2.24, 2.45) is 11.5 Å². The van der Waals surface area contributed by atoms with Gasteiger partial charge in [-0.1, -0.05) is 6.42 Å². The number of hydrogen-bond donors (Lipinski definition) is 3. The first-order valence-electron chi connectivity index (χ1n) is 7.06. The third kappa shape index (κ3) is 15.5. The van der Waals surface area contributed by atoms with Gasteiger partial charge in [0.25, 0.3) is 0 Å². The third-order valence-electron chi connectivity index (χ3n) is 2.19. The lowest BCUT2D eigenvalue weighted by Crippen LogP contribution is -2.29. The summed E-state index contributed by atoms with van der Waals surface area (Å²) < 4.78 is 15.7. The second kappa shape index (κ2) is 16.5.